The molecule has 1 heterocycles. The standard InChI is InChI=1S/C21H21N3O2/c1-15-12-16(2)14-18(13-15)20(25)22-9-3-4-17-5-7-19(8-6-17)24-11-10-23-21(24)26/h5-8,12-14H,9-11H2,1-2H3,(H,22,25)(H,23,26). The van der Waals surface area contributed by atoms with Crippen molar-refractivity contribution in [2.75, 3.05) is 24.5 Å². The van der Waals surface area contributed by atoms with Crippen LogP contribution in [0.4, 0.5) is 10.5 Å². The number of aryl methyl sites for hydroxylation is 2. The number of carbonyl (C=O) groups excluding carboxylic acids is 2. The fourth-order valence-electron chi connectivity index (χ4n) is 2.92. The van der Waals surface area contributed by atoms with Crippen LogP contribution < -0.4 is 15.5 Å². The third-order valence-electron chi connectivity index (χ3n) is 4.09. The van der Waals surface area contributed by atoms with Gasteiger partial charge in [-0.3, -0.25) is 9.69 Å². The molecule has 0 atom stereocenters. The molecule has 2 N–H and O–H groups in total. The van der Waals surface area contributed by atoms with Crippen LogP contribution in [0.15, 0.2) is 42.5 Å². The van der Waals surface area contributed by atoms with Crippen molar-refractivity contribution in [1.29, 1.82) is 0 Å². The smallest absolute Gasteiger partial charge is 0.321 e. The average molecular weight is 347 g/mol. The number of nitrogens with one attached hydrogen (secondary N) is 2. The van der Waals surface area contributed by atoms with Gasteiger partial charge in [-0.05, 0) is 50.2 Å². The lowest BCUT2D eigenvalue weighted by Crippen LogP contribution is -2.27. The second-order valence-corrected chi connectivity index (χ2v) is 6.29. The first-order valence-electron chi connectivity index (χ1n) is 8.54. The number of anilines is 1. The van der Waals surface area contributed by atoms with Crippen molar-refractivity contribution in [2.45, 2.75) is 13.8 Å². The van der Waals surface area contributed by atoms with E-state index in [0.717, 1.165) is 22.4 Å². The number of benzene rings is 2. The van der Waals surface area contributed by atoms with Gasteiger partial charge in [0.1, 0.15) is 0 Å². The van der Waals surface area contributed by atoms with Crippen LogP contribution in [0.25, 0.3) is 0 Å². The van der Waals surface area contributed by atoms with E-state index in [1.165, 1.54) is 0 Å². The third-order valence-corrected chi connectivity index (χ3v) is 4.09. The molecular formula is C21H21N3O2. The molecule has 1 aliphatic rings. The minimum atomic E-state index is -0.124. The summed E-state index contributed by atoms with van der Waals surface area (Å²) in [6.45, 7) is 5.56. The number of hydrogen-bond acceptors (Lipinski definition) is 2. The average Bonchev–Trinajstić information content (AvgIpc) is 3.04. The number of nitrogens with zero attached hydrogens (tertiary/aromatic N) is 1. The molecule has 1 fully saturated rings. The van der Waals surface area contributed by atoms with E-state index in [-0.39, 0.29) is 18.5 Å². The van der Waals surface area contributed by atoms with Crippen LogP contribution in [0.2, 0.25) is 0 Å². The summed E-state index contributed by atoms with van der Waals surface area (Å²) in [4.78, 5) is 25.5. The molecule has 0 spiro atoms. The Morgan fingerprint density at radius 2 is 1.85 bits per heavy atom. The predicted octanol–water partition coefficient (Wildman–Crippen LogP) is 2.61. The van der Waals surface area contributed by atoms with Gasteiger partial charge in [-0.2, -0.15) is 0 Å². The number of carbonyl (C=O) groups is 2. The Morgan fingerprint density at radius 1 is 1.15 bits per heavy atom. The molecule has 2 aromatic rings. The molecule has 5 nitrogen and oxygen atoms in total. The van der Waals surface area contributed by atoms with Gasteiger partial charge in [0.2, 0.25) is 0 Å². The van der Waals surface area contributed by atoms with E-state index in [9.17, 15) is 9.59 Å². The van der Waals surface area contributed by atoms with E-state index < -0.39 is 0 Å². The molecule has 26 heavy (non-hydrogen) atoms. The van der Waals surface area contributed by atoms with Gasteiger partial charge >= 0.3 is 6.03 Å². The number of rotatable bonds is 3. The van der Waals surface area contributed by atoms with Crippen LogP contribution in [0.3, 0.4) is 0 Å². The summed E-state index contributed by atoms with van der Waals surface area (Å²) in [6, 6.07) is 13.2. The zero-order valence-electron chi connectivity index (χ0n) is 14.9. The van der Waals surface area contributed by atoms with Gasteiger partial charge in [-0.1, -0.05) is 29.0 Å². The van der Waals surface area contributed by atoms with Crippen LogP contribution in [0.5, 0.6) is 0 Å². The van der Waals surface area contributed by atoms with Gasteiger partial charge in [0.05, 0.1) is 6.54 Å². The summed E-state index contributed by atoms with van der Waals surface area (Å²) < 4.78 is 0. The summed E-state index contributed by atoms with van der Waals surface area (Å²) in [6.07, 6.45) is 0. The summed E-state index contributed by atoms with van der Waals surface area (Å²) >= 11 is 0. The van der Waals surface area contributed by atoms with Crippen molar-refractivity contribution >= 4 is 17.6 Å². The second kappa shape index (κ2) is 7.75. The molecular weight excluding hydrogens is 326 g/mol. The van der Waals surface area contributed by atoms with Gasteiger partial charge in [-0.15, -0.1) is 0 Å². The predicted molar refractivity (Wildman–Crippen MR) is 102 cm³/mol. The van der Waals surface area contributed by atoms with E-state index in [2.05, 4.69) is 22.5 Å². The second-order valence-electron chi connectivity index (χ2n) is 6.29. The highest BCUT2D eigenvalue weighted by Crippen LogP contribution is 2.16. The van der Waals surface area contributed by atoms with Crippen LogP contribution in [0, 0.1) is 25.7 Å². The molecule has 3 rings (SSSR count). The highest BCUT2D eigenvalue weighted by molar-refractivity contribution is 5.95. The Kier molecular flexibility index (Phi) is 5.23. The van der Waals surface area contributed by atoms with Gasteiger partial charge in [0.15, 0.2) is 0 Å². The van der Waals surface area contributed by atoms with Crippen molar-refractivity contribution in [1.82, 2.24) is 10.6 Å². The van der Waals surface area contributed by atoms with Gasteiger partial charge < -0.3 is 10.6 Å². The van der Waals surface area contributed by atoms with Crippen molar-refractivity contribution in [3.63, 3.8) is 0 Å². The maximum Gasteiger partial charge on any atom is 0.321 e. The molecule has 1 saturated heterocycles. The Balaban J connectivity index is 1.56. The molecule has 1 aliphatic heterocycles. The molecule has 2 aromatic carbocycles. The van der Waals surface area contributed by atoms with E-state index in [0.29, 0.717) is 18.7 Å². The molecule has 5 heteroatoms. The summed E-state index contributed by atoms with van der Waals surface area (Å²) in [5, 5.41) is 5.59. The highest BCUT2D eigenvalue weighted by atomic mass is 16.2. The monoisotopic (exact) mass is 347 g/mol. The van der Waals surface area contributed by atoms with E-state index in [1.54, 1.807) is 4.90 Å². The normalized spacial score (nSPS) is 13.0. The minimum absolute atomic E-state index is 0.0714. The van der Waals surface area contributed by atoms with Crippen molar-refractivity contribution in [3.05, 3.63) is 64.7 Å². The number of urea groups is 1. The topological polar surface area (TPSA) is 61.4 Å². The Morgan fingerprint density at radius 3 is 2.46 bits per heavy atom. The fourth-order valence-corrected chi connectivity index (χ4v) is 2.92. The Bertz CT molecular complexity index is 871. The molecule has 0 bridgehead atoms. The summed E-state index contributed by atoms with van der Waals surface area (Å²) in [5.41, 5.74) is 4.47. The zero-order chi connectivity index (χ0) is 18.5. The molecule has 0 aliphatic carbocycles. The SMILES string of the molecule is Cc1cc(C)cc(C(=O)NCC#Cc2ccc(N3CCNC3=O)cc2)c1. The van der Waals surface area contributed by atoms with Gasteiger partial charge in [0.25, 0.3) is 5.91 Å². The fraction of sp³-hybridized carbons (Fsp3) is 0.238. The maximum absolute atomic E-state index is 12.2. The van der Waals surface area contributed by atoms with Crippen molar-refractivity contribution in [2.24, 2.45) is 0 Å². The Labute approximate surface area is 153 Å². The molecule has 0 unspecified atom stereocenters. The van der Waals surface area contributed by atoms with Gasteiger partial charge in [0, 0.05) is 29.9 Å². The van der Waals surface area contributed by atoms with Gasteiger partial charge in [-0.25, -0.2) is 4.79 Å². The van der Waals surface area contributed by atoms with Crippen LogP contribution in [-0.2, 0) is 0 Å². The lowest BCUT2D eigenvalue weighted by molar-refractivity contribution is 0.0958. The zero-order valence-corrected chi connectivity index (χ0v) is 14.9. The van der Waals surface area contributed by atoms with Crippen molar-refractivity contribution in [3.8, 4) is 11.8 Å². The first-order chi connectivity index (χ1) is 12.5. The Hall–Kier alpha value is -3.26. The van der Waals surface area contributed by atoms with E-state index in [4.69, 9.17) is 0 Å². The third kappa shape index (κ3) is 4.22. The molecule has 0 radical (unpaired) electrons. The van der Waals surface area contributed by atoms with Crippen LogP contribution in [-0.4, -0.2) is 31.6 Å². The first kappa shape index (κ1) is 17.6. The highest BCUT2D eigenvalue weighted by Gasteiger charge is 2.20. The molecule has 3 amide bonds. The molecule has 0 aromatic heterocycles. The first-order valence-corrected chi connectivity index (χ1v) is 8.54. The summed E-state index contributed by atoms with van der Waals surface area (Å²) in [7, 11) is 0. The van der Waals surface area contributed by atoms with E-state index in [1.807, 2.05) is 56.3 Å². The largest absolute Gasteiger partial charge is 0.341 e. The van der Waals surface area contributed by atoms with Crippen LogP contribution in [0.1, 0.15) is 27.0 Å². The molecule has 132 valence electrons. The van der Waals surface area contributed by atoms with Crippen molar-refractivity contribution < 1.29 is 9.59 Å². The quantitative estimate of drug-likeness (QED) is 0.839. The minimum Gasteiger partial charge on any atom is -0.341 e. The lowest BCUT2D eigenvalue weighted by atomic mass is 10.1. The van der Waals surface area contributed by atoms with E-state index >= 15 is 0 Å². The number of amides is 3. The summed E-state index contributed by atoms with van der Waals surface area (Å²) in [5.74, 6) is 5.85. The maximum atomic E-state index is 12.2. The number of hydrogen-bond donors (Lipinski definition) is 2. The lowest BCUT2D eigenvalue weighted by Gasteiger charge is -2.13. The molecule has 0 saturated carbocycles. The van der Waals surface area contributed by atoms with Crippen LogP contribution >= 0.6 is 0 Å².